The topological polar surface area (TPSA) is 202 Å². The Bertz CT molecular complexity index is 1240. The number of aliphatic hydroxyl groups excluding tert-OH is 4. The van der Waals surface area contributed by atoms with Gasteiger partial charge in [0.2, 0.25) is 0 Å². The molecule has 3 rings (SSSR count). The molecule has 14 nitrogen and oxygen atoms in total. The Morgan fingerprint density at radius 3 is 2.27 bits per heavy atom. The van der Waals surface area contributed by atoms with Gasteiger partial charge in [-0.05, 0) is 66.6 Å². The van der Waals surface area contributed by atoms with E-state index >= 15 is 0 Å². The average molecular weight is 742 g/mol. The number of hydrogen-bond donors (Lipinski definition) is 5. The van der Waals surface area contributed by atoms with Crippen molar-refractivity contribution in [3.8, 4) is 0 Å². The number of allylic oxidation sites excluding steroid dienone is 3. The molecule has 3 aliphatic rings. The largest absolute Gasteiger partial charge is 0.462 e. The Morgan fingerprint density at radius 1 is 1.02 bits per heavy atom. The van der Waals surface area contributed by atoms with E-state index in [1.807, 2.05) is 6.92 Å². The summed E-state index contributed by atoms with van der Waals surface area (Å²) in [7, 11) is 3.51. The van der Waals surface area contributed by atoms with Crippen molar-refractivity contribution >= 4 is 18.0 Å². The number of nitrogens with zero attached hydrogens (tertiary/aromatic N) is 1. The van der Waals surface area contributed by atoms with Crippen molar-refractivity contribution in [2.45, 2.75) is 154 Å². The minimum atomic E-state index is -1.47. The molecule has 16 atom stereocenters. The highest BCUT2D eigenvalue weighted by Crippen LogP contribution is 2.37. The van der Waals surface area contributed by atoms with Gasteiger partial charge in [-0.25, -0.2) is 0 Å². The summed E-state index contributed by atoms with van der Waals surface area (Å²) in [4.78, 5) is 40.3. The zero-order valence-electron chi connectivity index (χ0n) is 32.2. The van der Waals surface area contributed by atoms with Crippen LogP contribution in [0.15, 0.2) is 23.8 Å². The summed E-state index contributed by atoms with van der Waals surface area (Å²) in [6, 6.07) is -0.720. The molecule has 14 heteroatoms. The fraction of sp³-hybridized carbons (Fsp3) is 0.816. The number of likely N-dealkylation sites (N-methyl/N-ethyl adjacent to an activating group) is 1. The van der Waals surface area contributed by atoms with Crippen molar-refractivity contribution in [3.63, 3.8) is 0 Å². The second-order valence-electron chi connectivity index (χ2n) is 15.5. The van der Waals surface area contributed by atoms with Gasteiger partial charge in [-0.1, -0.05) is 38.5 Å². The van der Waals surface area contributed by atoms with Crippen LogP contribution in [-0.2, 0) is 38.1 Å². The molecule has 2 saturated heterocycles. The minimum Gasteiger partial charge on any atom is -0.462 e. The first-order valence-corrected chi connectivity index (χ1v) is 18.5. The number of esters is 1. The molecule has 52 heavy (non-hydrogen) atoms. The van der Waals surface area contributed by atoms with Crippen molar-refractivity contribution in [3.05, 3.63) is 23.8 Å². The number of carbonyl (C=O) groups is 3. The van der Waals surface area contributed by atoms with E-state index in [1.54, 1.807) is 65.8 Å². The van der Waals surface area contributed by atoms with Crippen LogP contribution in [0.2, 0.25) is 0 Å². The first-order chi connectivity index (χ1) is 24.3. The second-order valence-corrected chi connectivity index (χ2v) is 15.5. The maximum absolute atomic E-state index is 13.3. The molecular weight excluding hydrogens is 678 g/mol. The highest BCUT2D eigenvalue weighted by Gasteiger charge is 2.51. The number of carbonyl (C=O) groups excluding carboxylic acids is 3. The number of hydrogen-bond acceptors (Lipinski definition) is 14. The van der Waals surface area contributed by atoms with Crippen LogP contribution in [0, 0.1) is 23.7 Å². The molecule has 2 fully saturated rings. The summed E-state index contributed by atoms with van der Waals surface area (Å²) in [5, 5.41) is 54.5. The van der Waals surface area contributed by atoms with Crippen LogP contribution in [0.3, 0.4) is 0 Å². The minimum absolute atomic E-state index is 0.0210. The van der Waals surface area contributed by atoms with Crippen molar-refractivity contribution in [1.82, 2.24) is 4.90 Å². The number of rotatable bonds is 9. The summed E-state index contributed by atoms with van der Waals surface area (Å²) >= 11 is 0. The molecule has 0 amide bonds. The van der Waals surface area contributed by atoms with E-state index in [0.717, 1.165) is 6.29 Å². The van der Waals surface area contributed by atoms with Crippen molar-refractivity contribution in [2.75, 3.05) is 20.7 Å². The summed E-state index contributed by atoms with van der Waals surface area (Å²) in [5.74, 6) is -3.38. The van der Waals surface area contributed by atoms with E-state index in [1.165, 1.54) is 13.0 Å². The van der Waals surface area contributed by atoms with Crippen LogP contribution in [-0.4, -0.2) is 142 Å². The number of aliphatic hydroxyl groups is 5. The average Bonchev–Trinajstić information content (AvgIpc) is 3.07. The molecule has 298 valence electrons. The van der Waals surface area contributed by atoms with E-state index in [-0.39, 0.29) is 31.7 Å². The molecule has 0 radical (unpaired) electrons. The zero-order chi connectivity index (χ0) is 39.1. The number of aldehydes is 1. The lowest BCUT2D eigenvalue weighted by molar-refractivity contribution is -0.341. The van der Waals surface area contributed by atoms with Gasteiger partial charge in [0.1, 0.15) is 30.7 Å². The van der Waals surface area contributed by atoms with E-state index in [4.69, 9.17) is 23.7 Å². The monoisotopic (exact) mass is 741 g/mol. The molecule has 0 saturated carbocycles. The molecule has 0 bridgehead atoms. The maximum atomic E-state index is 13.3. The summed E-state index contributed by atoms with van der Waals surface area (Å²) in [5.41, 5.74) is -0.773. The van der Waals surface area contributed by atoms with Gasteiger partial charge in [0, 0.05) is 30.6 Å². The van der Waals surface area contributed by atoms with Crippen LogP contribution in [0.1, 0.15) is 80.6 Å². The highest BCUT2D eigenvalue weighted by molar-refractivity contribution is 5.91. The van der Waals surface area contributed by atoms with Crippen LogP contribution >= 0.6 is 0 Å². The lowest BCUT2D eigenvalue weighted by Gasteiger charge is -2.50. The Kier molecular flexibility index (Phi) is 16.6. The van der Waals surface area contributed by atoms with E-state index in [0.29, 0.717) is 12.0 Å². The third-order valence-electron chi connectivity index (χ3n) is 10.9. The molecule has 0 aromatic rings. The fourth-order valence-electron chi connectivity index (χ4n) is 7.68. The predicted molar refractivity (Wildman–Crippen MR) is 190 cm³/mol. The number of cyclic esters (lactones) is 1. The van der Waals surface area contributed by atoms with Gasteiger partial charge in [-0.15, -0.1) is 0 Å². The maximum Gasteiger partial charge on any atom is 0.308 e. The summed E-state index contributed by atoms with van der Waals surface area (Å²) < 4.78 is 30.7. The first-order valence-electron chi connectivity index (χ1n) is 18.5. The Labute approximate surface area is 308 Å². The van der Waals surface area contributed by atoms with Gasteiger partial charge >= 0.3 is 5.97 Å². The second kappa shape index (κ2) is 19.5. The first kappa shape index (κ1) is 44.3. The molecule has 0 aromatic heterocycles. The van der Waals surface area contributed by atoms with Gasteiger partial charge in [0.15, 0.2) is 18.4 Å². The molecular formula is C38H63NO13. The van der Waals surface area contributed by atoms with Crippen molar-refractivity contribution < 1.29 is 63.6 Å². The van der Waals surface area contributed by atoms with Gasteiger partial charge in [0.25, 0.3) is 0 Å². The Morgan fingerprint density at radius 2 is 1.69 bits per heavy atom. The lowest BCUT2D eigenvalue weighted by atomic mass is 9.79. The number of ketones is 1. The predicted octanol–water partition coefficient (Wildman–Crippen LogP) is 1.67. The number of ether oxygens (including phenoxy) is 5. The van der Waals surface area contributed by atoms with Crippen molar-refractivity contribution in [1.29, 1.82) is 0 Å². The van der Waals surface area contributed by atoms with E-state index in [2.05, 4.69) is 0 Å². The van der Waals surface area contributed by atoms with Crippen molar-refractivity contribution in [2.24, 2.45) is 23.7 Å². The lowest BCUT2D eigenvalue weighted by Crippen LogP contribution is -2.65. The van der Waals surface area contributed by atoms with Gasteiger partial charge in [0.05, 0.1) is 49.1 Å². The Hall–Kier alpha value is -2.11. The molecule has 5 N–H and O–H groups in total. The Balaban J connectivity index is 1.96. The standard InChI is InChI=1S/C38H63NO13/c1-10-29-26(19-41)15-20(2)11-12-27(42)21(3)16-25(13-14-40)34(22(4)28(43)17-30(44)50-29)52-37-33(45)32(39(8)9)35(23(5)49-37)51-31-18-38(7,47)36(46)24(6)48-31/h11-12,14-15,21-26,28-29,31-37,41,43,45-47H,10,13,16-19H2,1-9H3/b12-11+,20-15+/t21-,22+,23+,24-,25+,26-,28-,29-,31+,32+,33+,34-,35+,36-,37-,38-/m1/s1. The summed E-state index contributed by atoms with van der Waals surface area (Å²) in [6.07, 6.45) is -4.08. The third kappa shape index (κ3) is 11.2. The highest BCUT2D eigenvalue weighted by atomic mass is 16.7. The third-order valence-corrected chi connectivity index (χ3v) is 10.9. The normalized spacial score (nSPS) is 44.8. The van der Waals surface area contributed by atoms with Crippen LogP contribution in [0.25, 0.3) is 0 Å². The van der Waals surface area contributed by atoms with E-state index in [9.17, 15) is 39.9 Å². The molecule has 0 spiro atoms. The molecule has 0 unspecified atom stereocenters. The fourth-order valence-corrected chi connectivity index (χ4v) is 7.68. The molecule has 0 aromatic carbocycles. The van der Waals surface area contributed by atoms with Crippen LogP contribution in [0.4, 0.5) is 0 Å². The van der Waals surface area contributed by atoms with Gasteiger partial charge < -0.3 is 58.9 Å². The molecule has 3 aliphatic heterocycles. The zero-order valence-corrected chi connectivity index (χ0v) is 32.2. The quantitative estimate of drug-likeness (QED) is 0.169. The smallest absolute Gasteiger partial charge is 0.308 e. The van der Waals surface area contributed by atoms with Crippen LogP contribution in [0.5, 0.6) is 0 Å². The van der Waals surface area contributed by atoms with Gasteiger partial charge in [-0.2, -0.15) is 0 Å². The SMILES string of the molecule is CC[C@H]1OC(=O)C[C@@H](O)[C@H](C)[C@@H](O[C@H]2O[C@@H](C)[C@H](O[C@H]3C[C@@](C)(O)[C@H](O)[C@@H](C)O3)[C@@H](N(C)C)[C@@H]2O)[C@@H](CC=O)C[C@@H](C)C(=O)/C=C/C(C)=C/[C@@H]1CO. The van der Waals surface area contributed by atoms with E-state index < -0.39 is 109 Å². The van der Waals surface area contributed by atoms with Crippen LogP contribution < -0.4 is 0 Å². The summed E-state index contributed by atoms with van der Waals surface area (Å²) in [6.45, 7) is 11.6. The molecule has 3 heterocycles. The van der Waals surface area contributed by atoms with Gasteiger partial charge in [-0.3, -0.25) is 9.59 Å². The molecule has 0 aliphatic carbocycles.